The van der Waals surface area contributed by atoms with Gasteiger partial charge in [-0.05, 0) is 48.7 Å². The van der Waals surface area contributed by atoms with Crippen molar-refractivity contribution in [1.82, 2.24) is 19.9 Å². The van der Waals surface area contributed by atoms with Gasteiger partial charge in [-0.2, -0.15) is 0 Å². The summed E-state index contributed by atoms with van der Waals surface area (Å²) < 4.78 is 6.12. The number of fused-ring (bicyclic) bond motifs is 1. The van der Waals surface area contributed by atoms with Gasteiger partial charge in [0, 0.05) is 24.8 Å². The highest BCUT2D eigenvalue weighted by atomic mass is 79.9. The van der Waals surface area contributed by atoms with Gasteiger partial charge in [0.25, 0.3) is 0 Å². The van der Waals surface area contributed by atoms with E-state index >= 15 is 0 Å². The van der Waals surface area contributed by atoms with E-state index in [1.165, 1.54) is 5.57 Å². The van der Waals surface area contributed by atoms with Gasteiger partial charge in [0.1, 0.15) is 15.7 Å². The van der Waals surface area contributed by atoms with Crippen molar-refractivity contribution in [2.24, 2.45) is 0 Å². The van der Waals surface area contributed by atoms with Gasteiger partial charge in [-0.1, -0.05) is 6.08 Å². The minimum atomic E-state index is -0.472. The maximum atomic E-state index is 12.1. The van der Waals surface area contributed by atoms with Crippen molar-refractivity contribution in [3.8, 4) is 0 Å². The summed E-state index contributed by atoms with van der Waals surface area (Å²) in [5.74, 6) is 0. The zero-order valence-corrected chi connectivity index (χ0v) is 15.0. The molecule has 0 atom stereocenters. The van der Waals surface area contributed by atoms with Crippen LogP contribution in [-0.2, 0) is 4.74 Å². The third-order valence-corrected chi connectivity index (χ3v) is 3.94. The molecular formula is C16H19BrN4O2. The molecule has 6 nitrogen and oxygen atoms in total. The molecule has 2 aromatic heterocycles. The highest BCUT2D eigenvalue weighted by Crippen LogP contribution is 2.28. The first kappa shape index (κ1) is 16.0. The van der Waals surface area contributed by atoms with Crippen LogP contribution in [0.1, 0.15) is 32.8 Å². The van der Waals surface area contributed by atoms with Crippen LogP contribution < -0.4 is 0 Å². The second kappa shape index (κ2) is 5.96. The van der Waals surface area contributed by atoms with Crippen LogP contribution in [0.3, 0.4) is 0 Å². The van der Waals surface area contributed by atoms with Crippen LogP contribution in [0.25, 0.3) is 16.7 Å². The molecule has 0 unspecified atom stereocenters. The van der Waals surface area contributed by atoms with Gasteiger partial charge in [0.05, 0.1) is 6.20 Å². The molecule has 3 heterocycles. The first-order chi connectivity index (χ1) is 10.8. The molecular weight excluding hydrogens is 360 g/mol. The number of amides is 1. The quantitative estimate of drug-likeness (QED) is 0.819. The number of halogens is 1. The number of carbonyl (C=O) groups excluding carboxylic acids is 1. The van der Waals surface area contributed by atoms with E-state index in [4.69, 9.17) is 4.74 Å². The highest BCUT2D eigenvalue weighted by molar-refractivity contribution is 9.10. The number of hydrogen-bond acceptors (Lipinski definition) is 4. The van der Waals surface area contributed by atoms with E-state index in [2.05, 4.69) is 37.0 Å². The third kappa shape index (κ3) is 3.55. The zero-order valence-electron chi connectivity index (χ0n) is 13.4. The summed E-state index contributed by atoms with van der Waals surface area (Å²) in [6.07, 6.45) is 6.14. The maximum absolute atomic E-state index is 12.1. The normalized spacial score (nSPS) is 15.7. The van der Waals surface area contributed by atoms with Crippen molar-refractivity contribution in [3.63, 3.8) is 0 Å². The van der Waals surface area contributed by atoms with Crippen molar-refractivity contribution >= 4 is 38.8 Å². The Balaban J connectivity index is 1.78. The number of aromatic amines is 1. The smallest absolute Gasteiger partial charge is 0.410 e. The first-order valence-corrected chi connectivity index (χ1v) is 8.30. The number of rotatable bonds is 1. The van der Waals surface area contributed by atoms with Gasteiger partial charge < -0.3 is 14.6 Å². The molecule has 7 heteroatoms. The number of hydrogen-bond donors (Lipinski definition) is 1. The predicted molar refractivity (Wildman–Crippen MR) is 92.0 cm³/mol. The number of H-pyrrole nitrogens is 1. The summed E-state index contributed by atoms with van der Waals surface area (Å²) in [4.78, 5) is 25.7. The van der Waals surface area contributed by atoms with Crippen LogP contribution in [0.4, 0.5) is 4.79 Å². The molecule has 1 amide bonds. The van der Waals surface area contributed by atoms with Crippen LogP contribution in [0.2, 0.25) is 0 Å². The van der Waals surface area contributed by atoms with E-state index in [9.17, 15) is 4.79 Å². The number of aromatic nitrogens is 3. The Hall–Kier alpha value is -1.89. The van der Waals surface area contributed by atoms with E-state index in [1.54, 1.807) is 11.1 Å². The van der Waals surface area contributed by atoms with Crippen molar-refractivity contribution in [2.75, 3.05) is 13.1 Å². The first-order valence-electron chi connectivity index (χ1n) is 7.50. The van der Waals surface area contributed by atoms with Gasteiger partial charge in [-0.25, -0.2) is 14.8 Å². The monoisotopic (exact) mass is 378 g/mol. The third-order valence-electron chi connectivity index (χ3n) is 3.56. The van der Waals surface area contributed by atoms with Crippen molar-refractivity contribution < 1.29 is 9.53 Å². The second-order valence-corrected chi connectivity index (χ2v) is 7.31. The number of nitrogens with one attached hydrogen (secondary N) is 1. The molecule has 0 bridgehead atoms. The molecule has 0 radical (unpaired) electrons. The van der Waals surface area contributed by atoms with E-state index < -0.39 is 5.60 Å². The van der Waals surface area contributed by atoms with Crippen LogP contribution >= 0.6 is 15.9 Å². The molecule has 0 saturated carbocycles. The summed E-state index contributed by atoms with van der Waals surface area (Å²) in [7, 11) is 0. The molecule has 122 valence electrons. The summed E-state index contributed by atoms with van der Waals surface area (Å²) in [6, 6.07) is 0. The lowest BCUT2D eigenvalue weighted by Gasteiger charge is -2.29. The Morgan fingerprint density at radius 3 is 2.87 bits per heavy atom. The average Bonchev–Trinajstić information content (AvgIpc) is 2.88. The lowest BCUT2D eigenvalue weighted by atomic mass is 10.0. The lowest BCUT2D eigenvalue weighted by Crippen LogP contribution is -2.39. The van der Waals surface area contributed by atoms with Gasteiger partial charge in [-0.15, -0.1) is 0 Å². The molecule has 0 fully saturated rings. The van der Waals surface area contributed by atoms with E-state index in [0.717, 1.165) is 23.1 Å². The maximum Gasteiger partial charge on any atom is 0.410 e. The standard InChI is InChI=1S/C16H19BrN4O2/c1-16(2,3)23-15(22)21-6-4-10(5-7-21)11-8-18-14-13(11)20-12(17)9-19-14/h4,8-9H,5-7H2,1-3H3,(H,18,19). The van der Waals surface area contributed by atoms with E-state index in [-0.39, 0.29) is 6.09 Å². The summed E-state index contributed by atoms with van der Waals surface area (Å²) >= 11 is 3.36. The van der Waals surface area contributed by atoms with Gasteiger partial charge in [0.15, 0.2) is 5.65 Å². The van der Waals surface area contributed by atoms with Gasteiger partial charge >= 0.3 is 6.09 Å². The fourth-order valence-corrected chi connectivity index (χ4v) is 2.80. The SMILES string of the molecule is CC(C)(C)OC(=O)N1CC=C(c2c[nH]c3ncc(Br)nc23)CC1. The number of ether oxygens (including phenoxy) is 1. The number of nitrogens with zero attached hydrogens (tertiary/aromatic N) is 3. The minimum Gasteiger partial charge on any atom is -0.444 e. The van der Waals surface area contributed by atoms with Crippen molar-refractivity contribution in [2.45, 2.75) is 32.8 Å². The van der Waals surface area contributed by atoms with Crippen LogP contribution in [0.15, 0.2) is 23.1 Å². The van der Waals surface area contributed by atoms with Crippen molar-refractivity contribution in [3.05, 3.63) is 28.6 Å². The highest BCUT2D eigenvalue weighted by Gasteiger charge is 2.24. The Labute approximate surface area is 143 Å². The molecule has 0 saturated heterocycles. The fraction of sp³-hybridized carbons (Fsp3) is 0.438. The average molecular weight is 379 g/mol. The summed E-state index contributed by atoms with van der Waals surface area (Å²) in [6.45, 7) is 6.79. The number of carbonyl (C=O) groups is 1. The molecule has 0 spiro atoms. The zero-order chi connectivity index (χ0) is 16.6. The Kier molecular flexibility index (Phi) is 4.14. The van der Waals surface area contributed by atoms with E-state index in [1.807, 2.05) is 27.0 Å². The Bertz CT molecular complexity index is 776. The molecule has 0 aliphatic carbocycles. The molecule has 2 aromatic rings. The molecule has 3 rings (SSSR count). The Morgan fingerprint density at radius 2 is 2.22 bits per heavy atom. The summed E-state index contributed by atoms with van der Waals surface area (Å²) in [5.41, 5.74) is 3.34. The minimum absolute atomic E-state index is 0.269. The molecule has 1 N–H and O–H groups in total. The molecule has 1 aliphatic heterocycles. The fourth-order valence-electron chi connectivity index (χ4n) is 2.52. The Morgan fingerprint density at radius 1 is 1.43 bits per heavy atom. The second-order valence-electron chi connectivity index (χ2n) is 6.50. The van der Waals surface area contributed by atoms with Crippen LogP contribution in [0, 0.1) is 0 Å². The molecule has 23 heavy (non-hydrogen) atoms. The summed E-state index contributed by atoms with van der Waals surface area (Å²) in [5, 5.41) is 0. The molecule has 0 aromatic carbocycles. The lowest BCUT2D eigenvalue weighted by molar-refractivity contribution is 0.0270. The van der Waals surface area contributed by atoms with E-state index in [0.29, 0.717) is 17.7 Å². The predicted octanol–water partition coefficient (Wildman–Crippen LogP) is 3.74. The van der Waals surface area contributed by atoms with Crippen LogP contribution in [-0.4, -0.2) is 44.6 Å². The van der Waals surface area contributed by atoms with Gasteiger partial charge in [-0.3, -0.25) is 0 Å². The largest absolute Gasteiger partial charge is 0.444 e. The molecule has 1 aliphatic rings. The van der Waals surface area contributed by atoms with Gasteiger partial charge in [0.2, 0.25) is 0 Å². The topological polar surface area (TPSA) is 71.1 Å². The van der Waals surface area contributed by atoms with Crippen LogP contribution in [0.5, 0.6) is 0 Å². The van der Waals surface area contributed by atoms with Crippen molar-refractivity contribution in [1.29, 1.82) is 0 Å².